The fourth-order valence-corrected chi connectivity index (χ4v) is 7.61. The van der Waals surface area contributed by atoms with Gasteiger partial charge < -0.3 is 19.4 Å². The Labute approximate surface area is 226 Å². The van der Waals surface area contributed by atoms with Crippen LogP contribution in [0.5, 0.6) is 0 Å². The van der Waals surface area contributed by atoms with Gasteiger partial charge in [-0.25, -0.2) is 17.6 Å². The molecule has 10 nitrogen and oxygen atoms in total. The van der Waals surface area contributed by atoms with Crippen LogP contribution in [0.1, 0.15) is 34.1 Å². The second-order valence-corrected chi connectivity index (χ2v) is 12.7. The van der Waals surface area contributed by atoms with Crippen LogP contribution in [-0.4, -0.2) is 62.6 Å². The van der Waals surface area contributed by atoms with E-state index in [-0.39, 0.29) is 15.4 Å². The lowest BCUT2D eigenvalue weighted by Crippen LogP contribution is -2.28. The number of hydrogen-bond donors (Lipinski definition) is 1. The zero-order valence-electron chi connectivity index (χ0n) is 20.7. The molecular weight excluding hydrogens is 557 g/mol. The van der Waals surface area contributed by atoms with E-state index in [1.165, 1.54) is 30.6 Å². The van der Waals surface area contributed by atoms with Gasteiger partial charge in [0.2, 0.25) is 5.91 Å². The maximum atomic E-state index is 13.7. The van der Waals surface area contributed by atoms with Crippen molar-refractivity contribution in [1.29, 1.82) is 0 Å². The molecule has 1 N–H and O–H groups in total. The smallest absolute Gasteiger partial charge is 0.341 e. The summed E-state index contributed by atoms with van der Waals surface area (Å²) < 4.78 is 51.4. The third kappa shape index (κ3) is 6.37. The molecule has 2 aromatic heterocycles. The summed E-state index contributed by atoms with van der Waals surface area (Å²) in [6.07, 6.45) is 2.33. The number of anilines is 1. The van der Waals surface area contributed by atoms with E-state index in [4.69, 9.17) is 9.47 Å². The number of fused-ring (bicyclic) bond motifs is 2. The predicted octanol–water partition coefficient (Wildman–Crippen LogP) is 2.70. The van der Waals surface area contributed by atoms with Crippen molar-refractivity contribution < 1.29 is 36.7 Å². The van der Waals surface area contributed by atoms with E-state index in [9.17, 15) is 27.2 Å². The Bertz CT molecular complexity index is 1570. The first-order valence-corrected chi connectivity index (χ1v) is 15.2. The number of nitrogens with one attached hydrogen (secondary N) is 1. The molecule has 2 heterocycles. The third-order valence-electron chi connectivity index (χ3n) is 5.79. The second kappa shape index (κ2) is 11.8. The highest BCUT2D eigenvalue weighted by Gasteiger charge is 2.29. The molecule has 2 amide bonds. The van der Waals surface area contributed by atoms with Crippen molar-refractivity contribution in [1.82, 2.24) is 4.57 Å². The highest BCUT2D eigenvalue weighted by Crippen LogP contribution is 2.39. The fourth-order valence-electron chi connectivity index (χ4n) is 4.20. The number of esters is 1. The summed E-state index contributed by atoms with van der Waals surface area (Å²) in [6, 6.07) is 4.15. The summed E-state index contributed by atoms with van der Waals surface area (Å²) in [5.41, 5.74) is 1.70. The van der Waals surface area contributed by atoms with E-state index in [2.05, 4.69) is 10.3 Å². The Kier molecular flexibility index (Phi) is 8.75. The number of hydrogen-bond acceptors (Lipinski definition) is 9. The Hall–Kier alpha value is -2.94. The number of methoxy groups -OCH3 is 1. The molecule has 3 aromatic rings. The van der Waals surface area contributed by atoms with Crippen molar-refractivity contribution in [3.63, 3.8) is 0 Å². The molecule has 38 heavy (non-hydrogen) atoms. The van der Waals surface area contributed by atoms with Crippen LogP contribution >= 0.6 is 22.7 Å². The fraction of sp³-hybridized carbons (Fsp3) is 0.417. The van der Waals surface area contributed by atoms with Gasteiger partial charge in [-0.05, 0) is 49.9 Å². The Morgan fingerprint density at radius 1 is 1.18 bits per heavy atom. The van der Waals surface area contributed by atoms with E-state index >= 15 is 0 Å². The number of benzene rings is 1. The lowest BCUT2D eigenvalue weighted by molar-refractivity contribution is -0.115. The quantitative estimate of drug-likeness (QED) is 0.287. The van der Waals surface area contributed by atoms with Crippen LogP contribution in [0.3, 0.4) is 0 Å². The minimum atomic E-state index is -4.18. The number of sulfone groups is 1. The van der Waals surface area contributed by atoms with Crippen LogP contribution in [0, 0.1) is 5.82 Å². The summed E-state index contributed by atoms with van der Waals surface area (Å²) in [5, 5.41) is 2.74. The molecule has 0 saturated carbocycles. The van der Waals surface area contributed by atoms with Crippen LogP contribution in [-0.2, 0) is 48.3 Å². The first-order chi connectivity index (χ1) is 18.1. The van der Waals surface area contributed by atoms with Gasteiger partial charge >= 0.3 is 5.97 Å². The van der Waals surface area contributed by atoms with Crippen LogP contribution in [0.2, 0.25) is 0 Å². The minimum Gasteiger partial charge on any atom is -0.465 e. The zero-order valence-corrected chi connectivity index (χ0v) is 23.2. The van der Waals surface area contributed by atoms with E-state index in [0.29, 0.717) is 36.4 Å². The number of carbonyl (C=O) groups is 3. The van der Waals surface area contributed by atoms with Crippen molar-refractivity contribution in [2.24, 2.45) is 4.99 Å². The lowest BCUT2D eigenvalue weighted by atomic mass is 10.1. The maximum Gasteiger partial charge on any atom is 0.341 e. The van der Waals surface area contributed by atoms with Gasteiger partial charge in [-0.3, -0.25) is 9.59 Å². The summed E-state index contributed by atoms with van der Waals surface area (Å²) in [5.74, 6) is -4.82. The molecule has 4 rings (SSSR count). The highest BCUT2D eigenvalue weighted by molar-refractivity contribution is 7.92. The molecule has 1 aliphatic carbocycles. The number of amides is 2. The summed E-state index contributed by atoms with van der Waals surface area (Å²) in [6.45, 7) is 2.97. The largest absolute Gasteiger partial charge is 0.465 e. The highest BCUT2D eigenvalue weighted by atomic mass is 32.2. The van der Waals surface area contributed by atoms with Gasteiger partial charge in [0.25, 0.3) is 5.91 Å². The maximum absolute atomic E-state index is 13.7. The van der Waals surface area contributed by atoms with E-state index < -0.39 is 44.9 Å². The molecule has 1 aliphatic rings. The number of rotatable bonds is 10. The minimum absolute atomic E-state index is 0.200. The number of halogens is 1. The molecule has 0 saturated heterocycles. The molecule has 0 spiro atoms. The van der Waals surface area contributed by atoms with Gasteiger partial charge in [0.1, 0.15) is 22.3 Å². The molecule has 0 fully saturated rings. The van der Waals surface area contributed by atoms with Gasteiger partial charge in [-0.1, -0.05) is 11.3 Å². The summed E-state index contributed by atoms with van der Waals surface area (Å²) >= 11 is 2.27. The number of nitrogens with zero attached hydrogens (tertiary/aromatic N) is 2. The topological polar surface area (TPSA) is 133 Å². The second-order valence-electron chi connectivity index (χ2n) is 8.48. The SMILES string of the molecule is CCOCCn1c(=NC(=O)CS(=O)(=O)CC(=O)Nc2sc3c(c2C(=O)OC)CCC3)sc2cc(F)ccc21. The standard InChI is InChI=1S/C24H26FN3O7S3/c1-3-35-10-9-28-16-8-7-14(25)11-18(16)37-24(28)27-20(30)13-38(32,33)12-19(29)26-22-21(23(31)34-2)15-5-4-6-17(15)36-22/h7-8,11H,3-6,9-10,12-13H2,1-2H3,(H,26,29). The molecule has 1 aromatic carbocycles. The van der Waals surface area contributed by atoms with Crippen molar-refractivity contribution in [3.05, 3.63) is 44.8 Å². The van der Waals surface area contributed by atoms with Gasteiger partial charge in [-0.15, -0.1) is 11.3 Å². The average Bonchev–Trinajstić information content (AvgIpc) is 3.50. The Balaban J connectivity index is 1.50. The van der Waals surface area contributed by atoms with Crippen molar-refractivity contribution >= 4 is 65.5 Å². The molecule has 0 aliphatic heterocycles. The van der Waals surface area contributed by atoms with Crippen LogP contribution < -0.4 is 10.1 Å². The van der Waals surface area contributed by atoms with Gasteiger partial charge in [0.15, 0.2) is 14.6 Å². The molecule has 0 unspecified atom stereocenters. The first kappa shape index (κ1) is 28.1. The summed E-state index contributed by atoms with van der Waals surface area (Å²) in [4.78, 5) is 42.6. The third-order valence-corrected chi connectivity index (χ3v) is 9.42. The zero-order chi connectivity index (χ0) is 27.4. The van der Waals surface area contributed by atoms with Crippen molar-refractivity contribution in [2.75, 3.05) is 37.1 Å². The molecule has 0 atom stereocenters. The Morgan fingerprint density at radius 2 is 1.97 bits per heavy atom. The van der Waals surface area contributed by atoms with Gasteiger partial charge in [0, 0.05) is 18.0 Å². The van der Waals surface area contributed by atoms with Crippen LogP contribution in [0.15, 0.2) is 23.2 Å². The normalized spacial score (nSPS) is 13.6. The monoisotopic (exact) mass is 583 g/mol. The molecule has 14 heteroatoms. The first-order valence-electron chi connectivity index (χ1n) is 11.8. The number of ether oxygens (including phenoxy) is 2. The van der Waals surface area contributed by atoms with Gasteiger partial charge in [-0.2, -0.15) is 4.99 Å². The van der Waals surface area contributed by atoms with E-state index in [1.54, 1.807) is 10.6 Å². The van der Waals surface area contributed by atoms with Crippen molar-refractivity contribution in [2.45, 2.75) is 32.7 Å². The number of aryl methyl sites for hydroxylation is 1. The van der Waals surface area contributed by atoms with Crippen molar-refractivity contribution in [3.8, 4) is 0 Å². The molecule has 0 radical (unpaired) electrons. The number of carbonyl (C=O) groups excluding carboxylic acids is 3. The molecular formula is C24H26FN3O7S3. The van der Waals surface area contributed by atoms with Gasteiger partial charge in [0.05, 0.1) is 29.5 Å². The van der Waals surface area contributed by atoms with E-state index in [1.807, 2.05) is 6.92 Å². The number of thiazole rings is 1. The number of aromatic nitrogens is 1. The van der Waals surface area contributed by atoms with E-state index in [0.717, 1.165) is 34.6 Å². The predicted molar refractivity (Wildman–Crippen MR) is 142 cm³/mol. The molecule has 0 bridgehead atoms. The van der Waals surface area contributed by atoms with Crippen LogP contribution in [0.25, 0.3) is 10.2 Å². The Morgan fingerprint density at radius 3 is 2.71 bits per heavy atom. The average molecular weight is 584 g/mol. The lowest BCUT2D eigenvalue weighted by Gasteiger charge is -2.07. The van der Waals surface area contributed by atoms with Crippen LogP contribution in [0.4, 0.5) is 9.39 Å². The molecule has 204 valence electrons. The number of thiophene rings is 1. The summed E-state index contributed by atoms with van der Waals surface area (Å²) in [7, 11) is -2.94.